The quantitative estimate of drug-likeness (QED) is 0.409. The number of hydrogen-bond donors (Lipinski definition) is 0. The second-order valence-electron chi connectivity index (χ2n) is 9.21. The van der Waals surface area contributed by atoms with Crippen LogP contribution in [-0.4, -0.2) is 45.7 Å². The van der Waals surface area contributed by atoms with Gasteiger partial charge in [-0.25, -0.2) is 4.98 Å². The van der Waals surface area contributed by atoms with E-state index in [1.165, 1.54) is 16.7 Å². The second kappa shape index (κ2) is 9.36. The van der Waals surface area contributed by atoms with Crippen molar-refractivity contribution in [3.8, 4) is 11.1 Å². The van der Waals surface area contributed by atoms with Crippen LogP contribution in [0.3, 0.4) is 0 Å². The molecule has 0 aliphatic carbocycles. The molecule has 0 N–H and O–H groups in total. The van der Waals surface area contributed by atoms with Gasteiger partial charge in [-0.05, 0) is 37.0 Å². The van der Waals surface area contributed by atoms with Crippen LogP contribution >= 0.6 is 0 Å². The fourth-order valence-electron chi connectivity index (χ4n) is 4.83. The smallest absolute Gasteiger partial charge is 0.165 e. The molecule has 2 aromatic heterocycles. The SMILES string of the molecule is CCCc1cc(N2CCN(Cc3ccc(C)cc3C)CC2)n2ncc(-c3ccccc3)c2n1. The van der Waals surface area contributed by atoms with Crippen LogP contribution in [0, 0.1) is 13.8 Å². The van der Waals surface area contributed by atoms with Gasteiger partial charge in [-0.1, -0.05) is 67.4 Å². The predicted molar refractivity (Wildman–Crippen MR) is 136 cm³/mol. The van der Waals surface area contributed by atoms with E-state index in [2.05, 4.69) is 79.1 Å². The van der Waals surface area contributed by atoms with Gasteiger partial charge in [-0.2, -0.15) is 9.61 Å². The van der Waals surface area contributed by atoms with E-state index < -0.39 is 0 Å². The molecular weight excluding hydrogens is 406 g/mol. The third-order valence-corrected chi connectivity index (χ3v) is 6.69. The highest BCUT2D eigenvalue weighted by atomic mass is 15.4. The summed E-state index contributed by atoms with van der Waals surface area (Å²) in [4.78, 5) is 10.1. The monoisotopic (exact) mass is 439 g/mol. The van der Waals surface area contributed by atoms with Gasteiger partial charge in [0.05, 0.1) is 6.20 Å². The fraction of sp³-hybridized carbons (Fsp3) is 0.357. The Bertz CT molecular complexity index is 1240. The zero-order valence-corrected chi connectivity index (χ0v) is 20.0. The van der Waals surface area contributed by atoms with Crippen LogP contribution < -0.4 is 4.90 Å². The van der Waals surface area contributed by atoms with Gasteiger partial charge in [0.2, 0.25) is 0 Å². The number of anilines is 1. The lowest BCUT2D eigenvalue weighted by Gasteiger charge is -2.36. The molecule has 0 radical (unpaired) electrons. The predicted octanol–water partition coefficient (Wildman–Crippen LogP) is 5.29. The van der Waals surface area contributed by atoms with Crippen LogP contribution in [-0.2, 0) is 13.0 Å². The molecule has 3 heterocycles. The summed E-state index contributed by atoms with van der Waals surface area (Å²) in [5.74, 6) is 1.16. The zero-order chi connectivity index (χ0) is 22.8. The highest BCUT2D eigenvalue weighted by Gasteiger charge is 2.22. The summed E-state index contributed by atoms with van der Waals surface area (Å²) in [6.07, 6.45) is 4.03. The molecular formula is C28H33N5. The van der Waals surface area contributed by atoms with Crippen molar-refractivity contribution >= 4 is 11.5 Å². The summed E-state index contributed by atoms with van der Waals surface area (Å²) >= 11 is 0. The molecule has 0 atom stereocenters. The minimum Gasteiger partial charge on any atom is -0.354 e. The molecule has 0 bridgehead atoms. The number of nitrogens with zero attached hydrogens (tertiary/aromatic N) is 5. The second-order valence-corrected chi connectivity index (χ2v) is 9.21. The maximum absolute atomic E-state index is 5.01. The van der Waals surface area contributed by atoms with E-state index in [1.807, 2.05) is 16.8 Å². The van der Waals surface area contributed by atoms with Gasteiger partial charge in [0.1, 0.15) is 5.82 Å². The van der Waals surface area contributed by atoms with Gasteiger partial charge < -0.3 is 4.90 Å². The van der Waals surface area contributed by atoms with E-state index in [0.29, 0.717) is 0 Å². The lowest BCUT2D eigenvalue weighted by atomic mass is 10.1. The van der Waals surface area contributed by atoms with Crippen molar-refractivity contribution in [2.24, 2.45) is 0 Å². The van der Waals surface area contributed by atoms with Gasteiger partial charge in [0.15, 0.2) is 5.65 Å². The van der Waals surface area contributed by atoms with Crippen LogP contribution in [0.15, 0.2) is 60.8 Å². The molecule has 1 aliphatic heterocycles. The third kappa shape index (κ3) is 4.51. The molecule has 0 spiro atoms. The molecule has 5 nitrogen and oxygen atoms in total. The van der Waals surface area contributed by atoms with Crippen LogP contribution in [0.5, 0.6) is 0 Å². The van der Waals surface area contributed by atoms with Crippen molar-refractivity contribution in [1.29, 1.82) is 0 Å². The average molecular weight is 440 g/mol. The lowest BCUT2D eigenvalue weighted by Crippen LogP contribution is -2.46. The van der Waals surface area contributed by atoms with Crippen molar-refractivity contribution in [1.82, 2.24) is 19.5 Å². The minimum absolute atomic E-state index is 0.958. The van der Waals surface area contributed by atoms with Crippen LogP contribution in [0.2, 0.25) is 0 Å². The molecule has 0 amide bonds. The molecule has 5 heteroatoms. The zero-order valence-electron chi connectivity index (χ0n) is 20.0. The number of fused-ring (bicyclic) bond motifs is 1. The van der Waals surface area contributed by atoms with Crippen molar-refractivity contribution in [2.75, 3.05) is 31.1 Å². The molecule has 1 aliphatic rings. The minimum atomic E-state index is 0.958. The number of aromatic nitrogens is 3. The molecule has 170 valence electrons. The molecule has 1 fully saturated rings. The highest BCUT2D eigenvalue weighted by molar-refractivity contribution is 5.78. The molecule has 33 heavy (non-hydrogen) atoms. The van der Waals surface area contributed by atoms with E-state index in [0.717, 1.165) is 73.9 Å². The Labute approximate surface area is 196 Å². The normalized spacial score (nSPS) is 14.8. The van der Waals surface area contributed by atoms with Gasteiger partial charge in [-0.3, -0.25) is 4.90 Å². The standard InChI is InChI=1S/C28H33N5/c1-4-8-25-18-27(33-28(30-25)26(19-29-33)23-9-6-5-7-10-23)32-15-13-31(14-16-32)20-24-12-11-21(2)17-22(24)3/h5-7,9-12,17-19H,4,8,13-16,20H2,1-3H3. The number of hydrogen-bond acceptors (Lipinski definition) is 4. The molecule has 1 saturated heterocycles. The van der Waals surface area contributed by atoms with Gasteiger partial charge in [0, 0.05) is 50.0 Å². The van der Waals surface area contributed by atoms with Crippen LogP contribution in [0.1, 0.15) is 35.7 Å². The summed E-state index contributed by atoms with van der Waals surface area (Å²) in [7, 11) is 0. The first kappa shape index (κ1) is 21.7. The number of aryl methyl sites for hydroxylation is 3. The Hall–Kier alpha value is -3.18. The van der Waals surface area contributed by atoms with Crippen molar-refractivity contribution in [3.63, 3.8) is 0 Å². The molecule has 0 saturated carbocycles. The number of rotatable bonds is 6. The summed E-state index contributed by atoms with van der Waals surface area (Å²) < 4.78 is 2.04. The van der Waals surface area contributed by atoms with Crippen LogP contribution in [0.25, 0.3) is 16.8 Å². The van der Waals surface area contributed by atoms with E-state index >= 15 is 0 Å². The largest absolute Gasteiger partial charge is 0.354 e. The molecule has 0 unspecified atom stereocenters. The summed E-state index contributed by atoms with van der Waals surface area (Å²) in [6.45, 7) is 11.7. The van der Waals surface area contributed by atoms with E-state index in [4.69, 9.17) is 10.1 Å². The fourth-order valence-corrected chi connectivity index (χ4v) is 4.83. The number of piperazine rings is 1. The first-order valence-electron chi connectivity index (χ1n) is 12.1. The van der Waals surface area contributed by atoms with Crippen molar-refractivity contribution in [3.05, 3.63) is 83.2 Å². The highest BCUT2D eigenvalue weighted by Crippen LogP contribution is 2.28. The van der Waals surface area contributed by atoms with E-state index in [-0.39, 0.29) is 0 Å². The Kier molecular flexibility index (Phi) is 6.14. The molecule has 5 rings (SSSR count). The van der Waals surface area contributed by atoms with Crippen LogP contribution in [0.4, 0.5) is 5.82 Å². The van der Waals surface area contributed by atoms with Gasteiger partial charge >= 0.3 is 0 Å². The Morgan fingerprint density at radius 2 is 1.70 bits per heavy atom. The topological polar surface area (TPSA) is 36.7 Å². The summed E-state index contributed by atoms with van der Waals surface area (Å²) in [6, 6.07) is 19.5. The number of benzene rings is 2. The summed E-state index contributed by atoms with van der Waals surface area (Å²) in [5, 5.41) is 4.78. The van der Waals surface area contributed by atoms with E-state index in [9.17, 15) is 0 Å². The maximum atomic E-state index is 5.01. The van der Waals surface area contributed by atoms with Gasteiger partial charge in [-0.15, -0.1) is 0 Å². The van der Waals surface area contributed by atoms with Gasteiger partial charge in [0.25, 0.3) is 0 Å². The first-order chi connectivity index (χ1) is 16.1. The van der Waals surface area contributed by atoms with E-state index in [1.54, 1.807) is 0 Å². The lowest BCUT2D eigenvalue weighted by molar-refractivity contribution is 0.248. The third-order valence-electron chi connectivity index (χ3n) is 6.69. The first-order valence-corrected chi connectivity index (χ1v) is 12.1. The Morgan fingerprint density at radius 3 is 2.42 bits per heavy atom. The maximum Gasteiger partial charge on any atom is 0.165 e. The van der Waals surface area contributed by atoms with Crippen molar-refractivity contribution in [2.45, 2.75) is 40.2 Å². The average Bonchev–Trinajstić information content (AvgIpc) is 3.26. The molecule has 4 aromatic rings. The molecule has 2 aromatic carbocycles. The van der Waals surface area contributed by atoms with Crippen molar-refractivity contribution < 1.29 is 0 Å². The summed E-state index contributed by atoms with van der Waals surface area (Å²) in [5.41, 5.74) is 8.53. The Balaban J connectivity index is 1.40. The Morgan fingerprint density at radius 1 is 0.909 bits per heavy atom.